The second kappa shape index (κ2) is 9.14. The lowest BCUT2D eigenvalue weighted by atomic mass is 9.90. The normalized spacial score (nSPS) is 21.5. The minimum atomic E-state index is -0.799. The molecule has 5 heteroatoms. The minimum absolute atomic E-state index is 0.0474. The van der Waals surface area contributed by atoms with Gasteiger partial charge in [0.15, 0.2) is 0 Å². The number of ether oxygens (including phenoxy) is 1. The van der Waals surface area contributed by atoms with Crippen molar-refractivity contribution >= 4 is 12.1 Å². The number of likely N-dealkylation sites (tertiary alicyclic amines) is 1. The Labute approximate surface area is 140 Å². The maximum absolute atomic E-state index is 12.1. The summed E-state index contributed by atoms with van der Waals surface area (Å²) in [5.74, 6) is -1.21. The second-order valence-electron chi connectivity index (χ2n) is 7.65. The molecule has 1 rings (SSSR count). The SMILES string of the molecule is CCCCCCCCC1CN(C(=O)OC(C)(C)C)CC1C(=O)O. The third kappa shape index (κ3) is 7.23. The Morgan fingerprint density at radius 2 is 1.70 bits per heavy atom. The molecule has 1 aliphatic rings. The van der Waals surface area contributed by atoms with Gasteiger partial charge in [0.1, 0.15) is 5.60 Å². The van der Waals surface area contributed by atoms with Crippen LogP contribution in [0.25, 0.3) is 0 Å². The molecule has 1 amide bonds. The zero-order valence-corrected chi connectivity index (χ0v) is 15.1. The summed E-state index contributed by atoms with van der Waals surface area (Å²) in [4.78, 5) is 25.2. The highest BCUT2D eigenvalue weighted by Crippen LogP contribution is 2.29. The standard InChI is InChI=1S/C18H33NO4/c1-5-6-7-8-9-10-11-14-12-19(13-15(14)16(20)21)17(22)23-18(2,3)4/h14-15H,5-13H2,1-4H3,(H,20,21). The van der Waals surface area contributed by atoms with Crippen molar-refractivity contribution in [3.8, 4) is 0 Å². The molecule has 1 fully saturated rings. The number of amides is 1. The molecule has 0 aromatic rings. The molecule has 1 N–H and O–H groups in total. The molecular weight excluding hydrogens is 294 g/mol. The van der Waals surface area contributed by atoms with Crippen LogP contribution < -0.4 is 0 Å². The van der Waals surface area contributed by atoms with Crippen molar-refractivity contribution in [2.45, 2.75) is 78.2 Å². The number of carboxylic acids is 1. The van der Waals surface area contributed by atoms with E-state index in [4.69, 9.17) is 4.74 Å². The lowest BCUT2D eigenvalue weighted by Crippen LogP contribution is -2.35. The maximum Gasteiger partial charge on any atom is 0.410 e. The van der Waals surface area contributed by atoms with Crippen LogP contribution in [0.5, 0.6) is 0 Å². The van der Waals surface area contributed by atoms with Gasteiger partial charge in [0, 0.05) is 13.1 Å². The molecule has 1 aliphatic heterocycles. The van der Waals surface area contributed by atoms with E-state index in [2.05, 4.69) is 6.92 Å². The van der Waals surface area contributed by atoms with Crippen molar-refractivity contribution in [1.29, 1.82) is 0 Å². The summed E-state index contributed by atoms with van der Waals surface area (Å²) < 4.78 is 5.36. The number of nitrogens with zero attached hydrogens (tertiary/aromatic N) is 1. The van der Waals surface area contributed by atoms with Gasteiger partial charge in [-0.15, -0.1) is 0 Å². The highest BCUT2D eigenvalue weighted by Gasteiger charge is 2.40. The molecular formula is C18H33NO4. The molecule has 0 bridgehead atoms. The highest BCUT2D eigenvalue weighted by atomic mass is 16.6. The van der Waals surface area contributed by atoms with E-state index in [0.29, 0.717) is 6.54 Å². The van der Waals surface area contributed by atoms with Crippen molar-refractivity contribution in [3.05, 3.63) is 0 Å². The van der Waals surface area contributed by atoms with Crippen LogP contribution in [0.4, 0.5) is 4.79 Å². The molecule has 0 saturated carbocycles. The summed E-state index contributed by atoms with van der Waals surface area (Å²) in [6.45, 7) is 8.43. The number of carbonyl (C=O) groups is 2. The van der Waals surface area contributed by atoms with Crippen molar-refractivity contribution in [2.24, 2.45) is 11.8 Å². The molecule has 134 valence electrons. The summed E-state index contributed by atoms with van der Waals surface area (Å²) in [6, 6.07) is 0. The van der Waals surface area contributed by atoms with Gasteiger partial charge in [-0.2, -0.15) is 0 Å². The molecule has 23 heavy (non-hydrogen) atoms. The number of unbranched alkanes of at least 4 members (excludes halogenated alkanes) is 5. The number of carbonyl (C=O) groups excluding carboxylic acids is 1. The monoisotopic (exact) mass is 327 g/mol. The number of hydrogen-bond acceptors (Lipinski definition) is 3. The van der Waals surface area contributed by atoms with E-state index in [-0.39, 0.29) is 12.5 Å². The lowest BCUT2D eigenvalue weighted by molar-refractivity contribution is -0.142. The number of aliphatic carboxylic acids is 1. The predicted octanol–water partition coefficient (Wildman–Crippen LogP) is 4.30. The van der Waals surface area contributed by atoms with Gasteiger partial charge in [-0.3, -0.25) is 4.79 Å². The summed E-state index contributed by atoms with van der Waals surface area (Å²) in [5, 5.41) is 9.41. The third-order valence-electron chi connectivity index (χ3n) is 4.34. The first-order valence-corrected chi connectivity index (χ1v) is 8.95. The van der Waals surface area contributed by atoms with E-state index in [1.165, 1.54) is 25.7 Å². The van der Waals surface area contributed by atoms with Crippen LogP contribution >= 0.6 is 0 Å². The van der Waals surface area contributed by atoms with E-state index >= 15 is 0 Å². The Kier molecular flexibility index (Phi) is 7.86. The van der Waals surface area contributed by atoms with Gasteiger partial charge in [0.2, 0.25) is 0 Å². The van der Waals surface area contributed by atoms with Gasteiger partial charge in [-0.25, -0.2) is 4.79 Å². The zero-order valence-electron chi connectivity index (χ0n) is 15.1. The average Bonchev–Trinajstić information content (AvgIpc) is 2.85. The van der Waals surface area contributed by atoms with Crippen LogP contribution in [0.15, 0.2) is 0 Å². The largest absolute Gasteiger partial charge is 0.481 e. The van der Waals surface area contributed by atoms with Crippen molar-refractivity contribution in [2.75, 3.05) is 13.1 Å². The fourth-order valence-corrected chi connectivity index (χ4v) is 3.11. The Morgan fingerprint density at radius 1 is 1.09 bits per heavy atom. The van der Waals surface area contributed by atoms with Gasteiger partial charge in [0.25, 0.3) is 0 Å². The highest BCUT2D eigenvalue weighted by molar-refractivity contribution is 5.74. The maximum atomic E-state index is 12.1. The van der Waals surface area contributed by atoms with Crippen LogP contribution in [-0.2, 0) is 9.53 Å². The number of hydrogen-bond donors (Lipinski definition) is 1. The van der Waals surface area contributed by atoms with Crippen LogP contribution in [0.3, 0.4) is 0 Å². The third-order valence-corrected chi connectivity index (χ3v) is 4.34. The van der Waals surface area contributed by atoms with Crippen molar-refractivity contribution < 1.29 is 19.4 Å². The molecule has 2 unspecified atom stereocenters. The van der Waals surface area contributed by atoms with Gasteiger partial charge in [0.05, 0.1) is 5.92 Å². The topological polar surface area (TPSA) is 66.8 Å². The summed E-state index contributed by atoms with van der Waals surface area (Å²) in [7, 11) is 0. The lowest BCUT2D eigenvalue weighted by Gasteiger charge is -2.24. The first-order valence-electron chi connectivity index (χ1n) is 8.95. The molecule has 2 atom stereocenters. The molecule has 0 aromatic carbocycles. The van der Waals surface area contributed by atoms with Crippen LogP contribution in [0, 0.1) is 11.8 Å². The van der Waals surface area contributed by atoms with E-state index in [1.807, 2.05) is 20.8 Å². The zero-order chi connectivity index (χ0) is 17.5. The first kappa shape index (κ1) is 19.8. The molecule has 1 saturated heterocycles. The minimum Gasteiger partial charge on any atom is -0.481 e. The predicted molar refractivity (Wildman–Crippen MR) is 90.4 cm³/mol. The molecule has 5 nitrogen and oxygen atoms in total. The Morgan fingerprint density at radius 3 is 2.26 bits per heavy atom. The Hall–Kier alpha value is -1.26. The first-order chi connectivity index (χ1) is 10.7. The number of rotatable bonds is 8. The second-order valence-corrected chi connectivity index (χ2v) is 7.65. The van der Waals surface area contributed by atoms with Crippen molar-refractivity contribution in [1.82, 2.24) is 4.90 Å². The molecule has 1 heterocycles. The fraction of sp³-hybridized carbons (Fsp3) is 0.889. The molecule has 0 radical (unpaired) electrons. The van der Waals surface area contributed by atoms with Gasteiger partial charge in [-0.1, -0.05) is 45.4 Å². The fourth-order valence-electron chi connectivity index (χ4n) is 3.11. The van der Waals surface area contributed by atoms with Gasteiger partial charge in [-0.05, 0) is 33.1 Å². The van der Waals surface area contributed by atoms with Crippen molar-refractivity contribution in [3.63, 3.8) is 0 Å². The van der Waals surface area contributed by atoms with E-state index in [9.17, 15) is 14.7 Å². The molecule has 0 aliphatic carbocycles. The molecule has 0 spiro atoms. The van der Waals surface area contributed by atoms with Crippen LogP contribution in [0.2, 0.25) is 0 Å². The van der Waals surface area contributed by atoms with Gasteiger partial charge >= 0.3 is 12.1 Å². The van der Waals surface area contributed by atoms with Gasteiger partial charge < -0.3 is 14.7 Å². The summed E-state index contributed by atoms with van der Waals surface area (Å²) in [5.41, 5.74) is -0.548. The van der Waals surface area contributed by atoms with E-state index in [1.54, 1.807) is 4.90 Å². The van der Waals surface area contributed by atoms with Crippen LogP contribution in [-0.4, -0.2) is 40.8 Å². The van der Waals surface area contributed by atoms with E-state index in [0.717, 1.165) is 19.3 Å². The Bertz CT molecular complexity index is 389. The van der Waals surface area contributed by atoms with E-state index < -0.39 is 23.6 Å². The van der Waals surface area contributed by atoms with Crippen LogP contribution in [0.1, 0.15) is 72.6 Å². The number of carboxylic acid groups (broad SMARTS) is 1. The summed E-state index contributed by atoms with van der Waals surface area (Å²) in [6.07, 6.45) is 7.65. The smallest absolute Gasteiger partial charge is 0.410 e. The quantitative estimate of drug-likeness (QED) is 0.675. The Balaban J connectivity index is 2.45. The summed E-state index contributed by atoms with van der Waals surface area (Å²) >= 11 is 0. The average molecular weight is 327 g/mol. The molecule has 0 aromatic heterocycles.